The SMILES string of the molecule is COC1=CC([C@@H]2C3=C(CC4OCOC4=C3)C3=NN(C4C=CC(OC)CC4)C[C@H]3[C@@H]2C(=O)NCCNC(O)CC(C)(C)OCC(C)(C)C(C)CC2C(O)C=CC2O)=CC(OC)C1OC. The number of ether oxygens (including phenoxy) is 7. The average Bonchev–Trinajstić information content (AvgIpc) is 4.01. The average molecular weight is 881 g/mol. The third-order valence-corrected chi connectivity index (χ3v) is 14.6. The fourth-order valence-electron chi connectivity index (χ4n) is 10.3. The summed E-state index contributed by atoms with van der Waals surface area (Å²) in [6.45, 7) is 12.1. The second-order valence-corrected chi connectivity index (χ2v) is 19.6. The molecule has 7 aliphatic rings. The Morgan fingerprint density at radius 2 is 1.76 bits per heavy atom. The van der Waals surface area contributed by atoms with E-state index in [1.165, 1.54) is 0 Å². The summed E-state index contributed by atoms with van der Waals surface area (Å²) in [7, 11) is 6.63. The van der Waals surface area contributed by atoms with Crippen molar-refractivity contribution in [3.63, 3.8) is 0 Å². The summed E-state index contributed by atoms with van der Waals surface area (Å²) in [4.78, 5) is 14.9. The van der Waals surface area contributed by atoms with Crippen LogP contribution in [0.5, 0.6) is 0 Å². The normalized spacial score (nSPS) is 33.7. The van der Waals surface area contributed by atoms with Crippen LogP contribution in [0.2, 0.25) is 0 Å². The Hall–Kier alpha value is -3.38. The van der Waals surface area contributed by atoms with E-state index in [0.717, 1.165) is 41.0 Å². The minimum absolute atomic E-state index is 0.0709. The molecular formula is C48H72N4O11. The summed E-state index contributed by atoms with van der Waals surface area (Å²) in [5, 5.41) is 45.7. The molecule has 12 atom stereocenters. The monoisotopic (exact) mass is 881 g/mol. The number of nitrogens with zero attached hydrogens (tertiary/aromatic N) is 2. The largest absolute Gasteiger partial charge is 0.498 e. The molecule has 0 saturated carbocycles. The van der Waals surface area contributed by atoms with Gasteiger partial charge in [-0.25, -0.2) is 0 Å². The van der Waals surface area contributed by atoms with Crippen LogP contribution in [-0.2, 0) is 38.0 Å². The molecule has 2 heterocycles. The van der Waals surface area contributed by atoms with Gasteiger partial charge in [-0.05, 0) is 79.4 Å². The smallest absolute Gasteiger partial charge is 0.224 e. The van der Waals surface area contributed by atoms with Crippen LogP contribution >= 0.6 is 0 Å². The molecule has 5 aliphatic carbocycles. The molecule has 0 radical (unpaired) electrons. The van der Waals surface area contributed by atoms with Gasteiger partial charge in [0.2, 0.25) is 5.91 Å². The van der Waals surface area contributed by atoms with Gasteiger partial charge in [0.1, 0.15) is 36.1 Å². The van der Waals surface area contributed by atoms with Gasteiger partial charge in [-0.15, -0.1) is 0 Å². The Morgan fingerprint density at radius 3 is 2.43 bits per heavy atom. The second-order valence-electron chi connectivity index (χ2n) is 19.6. The minimum atomic E-state index is -0.883. The number of methoxy groups -OCH3 is 4. The highest BCUT2D eigenvalue weighted by Crippen LogP contribution is 2.51. The number of carbonyl (C=O) groups is 1. The summed E-state index contributed by atoms with van der Waals surface area (Å²) in [6.07, 6.45) is 13.9. The van der Waals surface area contributed by atoms with Gasteiger partial charge in [0.25, 0.3) is 0 Å². The third-order valence-electron chi connectivity index (χ3n) is 14.6. The number of carbonyl (C=O) groups excluding carboxylic acids is 1. The van der Waals surface area contributed by atoms with Crippen LogP contribution in [-0.4, -0.2) is 148 Å². The zero-order valence-corrected chi connectivity index (χ0v) is 38.6. The predicted molar refractivity (Wildman–Crippen MR) is 237 cm³/mol. The first-order valence-corrected chi connectivity index (χ1v) is 22.7. The molecule has 1 saturated heterocycles. The molecule has 15 heteroatoms. The number of hydrogen-bond donors (Lipinski definition) is 5. The number of hydrogen-bond acceptors (Lipinski definition) is 14. The van der Waals surface area contributed by atoms with E-state index < -0.39 is 48.1 Å². The summed E-state index contributed by atoms with van der Waals surface area (Å²) in [6, 6.07) is 0.0709. The molecule has 7 rings (SSSR count). The fraction of sp³-hybridized carbons (Fsp3) is 0.708. The van der Waals surface area contributed by atoms with E-state index in [4.69, 9.17) is 38.3 Å². The van der Waals surface area contributed by atoms with Crippen LogP contribution in [0.4, 0.5) is 0 Å². The Morgan fingerprint density at radius 1 is 1.00 bits per heavy atom. The van der Waals surface area contributed by atoms with E-state index >= 15 is 0 Å². The van der Waals surface area contributed by atoms with E-state index in [2.05, 4.69) is 60.7 Å². The highest BCUT2D eigenvalue weighted by atomic mass is 16.7. The Balaban J connectivity index is 1.06. The third kappa shape index (κ3) is 10.4. The molecule has 0 spiro atoms. The first kappa shape index (κ1) is 47.6. The highest BCUT2D eigenvalue weighted by molar-refractivity contribution is 6.08. The lowest BCUT2D eigenvalue weighted by Gasteiger charge is -2.42. The lowest BCUT2D eigenvalue weighted by atomic mass is 9.62. The zero-order chi connectivity index (χ0) is 45.2. The maximum absolute atomic E-state index is 14.9. The Kier molecular flexibility index (Phi) is 15.1. The molecule has 15 nitrogen and oxygen atoms in total. The number of aliphatic hydroxyl groups excluding tert-OH is 3. The van der Waals surface area contributed by atoms with Crippen molar-refractivity contribution in [1.82, 2.24) is 15.6 Å². The zero-order valence-electron chi connectivity index (χ0n) is 38.6. The maximum atomic E-state index is 14.9. The van der Waals surface area contributed by atoms with E-state index in [9.17, 15) is 20.1 Å². The number of aliphatic hydroxyl groups is 3. The summed E-state index contributed by atoms with van der Waals surface area (Å²) >= 11 is 0. The molecule has 1 amide bonds. The quantitative estimate of drug-likeness (QED) is 0.0718. The van der Waals surface area contributed by atoms with Gasteiger partial charge in [0.05, 0.1) is 55.3 Å². The van der Waals surface area contributed by atoms with Gasteiger partial charge in [-0.3, -0.25) is 15.1 Å². The van der Waals surface area contributed by atoms with Crippen LogP contribution in [0, 0.1) is 35.0 Å². The van der Waals surface area contributed by atoms with Gasteiger partial charge >= 0.3 is 0 Å². The molecule has 1 fully saturated rings. The van der Waals surface area contributed by atoms with E-state index in [-0.39, 0.29) is 60.7 Å². The van der Waals surface area contributed by atoms with Gasteiger partial charge in [-0.1, -0.05) is 45.1 Å². The van der Waals surface area contributed by atoms with Crippen molar-refractivity contribution >= 4 is 11.6 Å². The molecule has 350 valence electrons. The number of rotatable bonds is 19. The highest BCUT2D eigenvalue weighted by Gasteiger charge is 2.53. The van der Waals surface area contributed by atoms with Crippen molar-refractivity contribution in [2.75, 3.05) is 61.5 Å². The van der Waals surface area contributed by atoms with E-state index in [1.54, 1.807) is 40.6 Å². The van der Waals surface area contributed by atoms with Crippen LogP contribution in [0.15, 0.2) is 75.9 Å². The van der Waals surface area contributed by atoms with Crippen molar-refractivity contribution in [3.8, 4) is 0 Å². The molecule has 5 N–H and O–H groups in total. The number of allylic oxidation sites excluding steroid dienone is 4. The molecule has 63 heavy (non-hydrogen) atoms. The molecular weight excluding hydrogens is 809 g/mol. The van der Waals surface area contributed by atoms with Crippen molar-refractivity contribution < 1.29 is 53.3 Å². The van der Waals surface area contributed by atoms with Gasteiger partial charge in [0.15, 0.2) is 6.79 Å². The van der Waals surface area contributed by atoms with Crippen LogP contribution < -0.4 is 10.6 Å². The molecule has 0 bridgehead atoms. The molecule has 0 aromatic rings. The fourth-order valence-corrected chi connectivity index (χ4v) is 10.3. The van der Waals surface area contributed by atoms with Crippen molar-refractivity contribution in [3.05, 3.63) is 70.8 Å². The minimum Gasteiger partial charge on any atom is -0.498 e. The Bertz CT molecular complexity index is 1860. The summed E-state index contributed by atoms with van der Waals surface area (Å²) in [5.74, 6) is 0.00800. The first-order chi connectivity index (χ1) is 30.1. The molecule has 0 aromatic heterocycles. The second kappa shape index (κ2) is 20.0. The number of amides is 1. The molecule has 0 aromatic carbocycles. The van der Waals surface area contributed by atoms with Crippen LogP contribution in [0.3, 0.4) is 0 Å². The predicted octanol–water partition coefficient (Wildman–Crippen LogP) is 3.88. The van der Waals surface area contributed by atoms with Gasteiger partial charge in [0, 0.05) is 71.6 Å². The standard InChI is InChI=1S/C48H72N4O11/c1-27(18-33-35(53)14-15-36(33)54)47(2,3)25-63-48(4,5)23-41(55)49-16-17-50-46(56)43-34-24-52(29-10-12-30(57-6)13-11-29)51-44(34)32-22-38-37(61-26-62-38)21-31(32)42(43)28-19-39(58-7)45(60-9)40(20-28)59-8/h10,12,14-15,19-21,27,29-30,33-36,38-39,41-43,45,49,53-55H,11,13,16-18,22-26H2,1-9H3,(H,50,56)/t27?,29?,30?,33?,34-,35?,36?,38?,39?,41?,42+,43-,45?/m0/s1. The Labute approximate surface area is 373 Å². The van der Waals surface area contributed by atoms with Crippen molar-refractivity contribution in [1.29, 1.82) is 0 Å². The lowest BCUT2D eigenvalue weighted by molar-refractivity contribution is -0.127. The lowest BCUT2D eigenvalue weighted by Crippen LogP contribution is -2.50. The topological polar surface area (TPSA) is 182 Å². The first-order valence-electron chi connectivity index (χ1n) is 22.7. The number of hydrazone groups is 1. The molecule has 2 aliphatic heterocycles. The van der Waals surface area contributed by atoms with Gasteiger partial charge < -0.3 is 53.8 Å². The van der Waals surface area contributed by atoms with Crippen molar-refractivity contribution in [2.24, 2.45) is 40.1 Å². The summed E-state index contributed by atoms with van der Waals surface area (Å²) in [5.41, 5.74) is 2.97. The van der Waals surface area contributed by atoms with Crippen LogP contribution in [0.25, 0.3) is 0 Å². The van der Waals surface area contributed by atoms with Crippen molar-refractivity contribution in [2.45, 2.75) is 121 Å². The number of nitrogens with one attached hydrogen (secondary N) is 2. The van der Waals surface area contributed by atoms with Gasteiger partial charge in [-0.2, -0.15) is 5.10 Å². The van der Waals surface area contributed by atoms with E-state index in [0.29, 0.717) is 44.7 Å². The summed E-state index contributed by atoms with van der Waals surface area (Å²) < 4.78 is 41.7. The number of fused-ring (bicyclic) bond motifs is 3. The molecule has 9 unspecified atom stereocenters. The van der Waals surface area contributed by atoms with E-state index in [1.807, 2.05) is 19.9 Å². The van der Waals surface area contributed by atoms with Crippen LogP contribution in [0.1, 0.15) is 66.7 Å². The maximum Gasteiger partial charge on any atom is 0.224 e.